The van der Waals surface area contributed by atoms with E-state index in [1.807, 2.05) is 13.8 Å². The molecule has 108 valence electrons. The Morgan fingerprint density at radius 3 is 2.63 bits per heavy atom. The maximum absolute atomic E-state index is 11.9. The molecule has 0 heterocycles. The molecule has 0 bridgehead atoms. The van der Waals surface area contributed by atoms with Crippen LogP contribution >= 0.6 is 24.0 Å². The predicted octanol–water partition coefficient (Wildman–Crippen LogP) is 3.08. The van der Waals surface area contributed by atoms with Crippen LogP contribution in [0.2, 0.25) is 5.02 Å². The number of hydrogen-bond acceptors (Lipinski definition) is 3. The van der Waals surface area contributed by atoms with E-state index >= 15 is 0 Å². The third-order valence-corrected chi connectivity index (χ3v) is 3.27. The Morgan fingerprint density at radius 1 is 1.53 bits per heavy atom. The van der Waals surface area contributed by atoms with Crippen molar-refractivity contribution in [2.45, 2.75) is 26.3 Å². The number of methoxy groups -OCH3 is 1. The molecule has 0 aliphatic rings. The van der Waals surface area contributed by atoms with E-state index in [2.05, 4.69) is 5.32 Å². The van der Waals surface area contributed by atoms with Crippen molar-refractivity contribution in [2.75, 3.05) is 12.4 Å². The first-order valence-electron chi connectivity index (χ1n) is 5.89. The fourth-order valence-electron chi connectivity index (χ4n) is 1.48. The Balaban J connectivity index is 0.00000324. The van der Waals surface area contributed by atoms with Crippen LogP contribution < -0.4 is 15.8 Å². The number of nitrogens with two attached hydrogens (primary N) is 1. The highest BCUT2D eigenvalue weighted by atomic mass is 35.5. The molecule has 1 aromatic carbocycles. The van der Waals surface area contributed by atoms with Crippen molar-refractivity contribution in [3.8, 4) is 5.75 Å². The first kappa shape index (κ1) is 18.0. The minimum Gasteiger partial charge on any atom is -0.495 e. The van der Waals surface area contributed by atoms with Crippen LogP contribution in [0.25, 0.3) is 0 Å². The van der Waals surface area contributed by atoms with E-state index < -0.39 is 6.04 Å². The van der Waals surface area contributed by atoms with E-state index in [-0.39, 0.29) is 24.2 Å². The summed E-state index contributed by atoms with van der Waals surface area (Å²) >= 11 is 5.97. The van der Waals surface area contributed by atoms with Gasteiger partial charge in [0, 0.05) is 5.69 Å². The SMILES string of the molecule is CCC(C)C(N)C(=O)Nc1ccc(OC)c(Cl)c1.Cl. The van der Waals surface area contributed by atoms with Crippen LogP contribution in [0.1, 0.15) is 20.3 Å². The molecule has 1 amide bonds. The zero-order valence-corrected chi connectivity index (χ0v) is 12.8. The summed E-state index contributed by atoms with van der Waals surface area (Å²) in [7, 11) is 1.54. The van der Waals surface area contributed by atoms with E-state index in [1.54, 1.807) is 18.2 Å². The van der Waals surface area contributed by atoms with Crippen LogP contribution in [0.3, 0.4) is 0 Å². The first-order chi connectivity index (χ1) is 8.49. The molecule has 1 aromatic rings. The van der Waals surface area contributed by atoms with Gasteiger partial charge in [0.25, 0.3) is 0 Å². The zero-order chi connectivity index (χ0) is 13.7. The average Bonchev–Trinajstić information content (AvgIpc) is 2.37. The molecule has 19 heavy (non-hydrogen) atoms. The van der Waals surface area contributed by atoms with Gasteiger partial charge in [0.1, 0.15) is 5.75 Å². The minimum absolute atomic E-state index is 0. The summed E-state index contributed by atoms with van der Waals surface area (Å²) in [5, 5.41) is 3.20. The molecule has 0 saturated carbocycles. The number of carbonyl (C=O) groups is 1. The largest absolute Gasteiger partial charge is 0.495 e. The molecule has 1 rings (SSSR count). The summed E-state index contributed by atoms with van der Waals surface area (Å²) in [5.41, 5.74) is 6.46. The number of nitrogens with one attached hydrogen (secondary N) is 1. The maximum atomic E-state index is 11.9. The van der Waals surface area contributed by atoms with Gasteiger partial charge in [-0.2, -0.15) is 0 Å². The van der Waals surface area contributed by atoms with Crippen molar-refractivity contribution < 1.29 is 9.53 Å². The number of halogens is 2. The highest BCUT2D eigenvalue weighted by Gasteiger charge is 2.19. The number of hydrogen-bond donors (Lipinski definition) is 2. The lowest BCUT2D eigenvalue weighted by Crippen LogP contribution is -2.40. The molecule has 0 radical (unpaired) electrons. The van der Waals surface area contributed by atoms with Crippen molar-refractivity contribution in [3.63, 3.8) is 0 Å². The van der Waals surface area contributed by atoms with E-state index in [4.69, 9.17) is 22.1 Å². The molecule has 0 aliphatic heterocycles. The lowest BCUT2D eigenvalue weighted by atomic mass is 9.99. The topological polar surface area (TPSA) is 64.4 Å². The fraction of sp³-hybridized carbons (Fsp3) is 0.462. The zero-order valence-electron chi connectivity index (χ0n) is 11.3. The van der Waals surface area contributed by atoms with Crippen molar-refractivity contribution in [1.82, 2.24) is 0 Å². The normalized spacial score (nSPS) is 13.1. The maximum Gasteiger partial charge on any atom is 0.241 e. The number of benzene rings is 1. The quantitative estimate of drug-likeness (QED) is 0.878. The molecule has 0 spiro atoms. The highest BCUT2D eigenvalue weighted by Crippen LogP contribution is 2.27. The van der Waals surface area contributed by atoms with Gasteiger partial charge in [-0.3, -0.25) is 4.79 Å². The molecule has 0 aliphatic carbocycles. The van der Waals surface area contributed by atoms with Gasteiger partial charge in [0.05, 0.1) is 18.2 Å². The summed E-state index contributed by atoms with van der Waals surface area (Å²) < 4.78 is 5.04. The molecule has 0 aromatic heterocycles. The first-order valence-corrected chi connectivity index (χ1v) is 6.27. The van der Waals surface area contributed by atoms with Crippen LogP contribution in [0.15, 0.2) is 18.2 Å². The number of carbonyl (C=O) groups excluding carboxylic acids is 1. The third kappa shape index (κ3) is 4.90. The summed E-state index contributed by atoms with van der Waals surface area (Å²) in [6.45, 7) is 3.95. The van der Waals surface area contributed by atoms with E-state index in [1.165, 1.54) is 7.11 Å². The molecule has 0 fully saturated rings. The van der Waals surface area contributed by atoms with Crippen molar-refractivity contribution in [2.24, 2.45) is 11.7 Å². The Hall–Kier alpha value is -0.970. The van der Waals surface area contributed by atoms with Gasteiger partial charge in [-0.15, -0.1) is 12.4 Å². The molecule has 3 N–H and O–H groups in total. The lowest BCUT2D eigenvalue weighted by molar-refractivity contribution is -0.118. The number of amides is 1. The Morgan fingerprint density at radius 2 is 2.16 bits per heavy atom. The summed E-state index contributed by atoms with van der Waals surface area (Å²) in [5.74, 6) is 0.505. The number of ether oxygens (including phenoxy) is 1. The Labute approximate surface area is 125 Å². The predicted molar refractivity (Wildman–Crippen MR) is 81.3 cm³/mol. The van der Waals surface area contributed by atoms with Gasteiger partial charge < -0.3 is 15.8 Å². The van der Waals surface area contributed by atoms with Crippen LogP contribution in [0.4, 0.5) is 5.69 Å². The van der Waals surface area contributed by atoms with Crippen LogP contribution in [-0.4, -0.2) is 19.1 Å². The molecule has 4 nitrogen and oxygen atoms in total. The molecular formula is C13H20Cl2N2O2. The summed E-state index contributed by atoms with van der Waals surface area (Å²) in [6, 6.07) is 4.55. The third-order valence-electron chi connectivity index (χ3n) is 2.98. The van der Waals surface area contributed by atoms with Crippen LogP contribution in [0, 0.1) is 5.92 Å². The lowest BCUT2D eigenvalue weighted by Gasteiger charge is -2.18. The van der Waals surface area contributed by atoms with Gasteiger partial charge in [-0.05, 0) is 24.1 Å². The van der Waals surface area contributed by atoms with Crippen molar-refractivity contribution in [3.05, 3.63) is 23.2 Å². The summed E-state index contributed by atoms with van der Waals surface area (Å²) in [4.78, 5) is 11.9. The second-order valence-corrected chi connectivity index (χ2v) is 4.66. The van der Waals surface area contributed by atoms with Gasteiger partial charge in [-0.1, -0.05) is 31.9 Å². The van der Waals surface area contributed by atoms with E-state index in [0.29, 0.717) is 16.5 Å². The second kappa shape index (κ2) is 8.25. The molecule has 6 heteroatoms. The van der Waals surface area contributed by atoms with Gasteiger partial charge in [0.15, 0.2) is 0 Å². The van der Waals surface area contributed by atoms with E-state index in [0.717, 1.165) is 6.42 Å². The van der Waals surface area contributed by atoms with Crippen molar-refractivity contribution in [1.29, 1.82) is 0 Å². The smallest absolute Gasteiger partial charge is 0.241 e. The molecule has 2 unspecified atom stereocenters. The Bertz CT molecular complexity index is 427. The molecular weight excluding hydrogens is 287 g/mol. The molecule has 0 saturated heterocycles. The van der Waals surface area contributed by atoms with Gasteiger partial charge in [0.2, 0.25) is 5.91 Å². The van der Waals surface area contributed by atoms with Crippen molar-refractivity contribution >= 4 is 35.6 Å². The standard InChI is InChI=1S/C13H19ClN2O2.ClH/c1-4-8(2)12(15)13(17)16-9-5-6-11(18-3)10(14)7-9;/h5-8,12H,4,15H2,1-3H3,(H,16,17);1H. The second-order valence-electron chi connectivity index (χ2n) is 4.25. The van der Waals surface area contributed by atoms with Crippen LogP contribution in [-0.2, 0) is 4.79 Å². The summed E-state index contributed by atoms with van der Waals surface area (Å²) in [6.07, 6.45) is 0.859. The number of rotatable bonds is 5. The average molecular weight is 307 g/mol. The monoisotopic (exact) mass is 306 g/mol. The highest BCUT2D eigenvalue weighted by molar-refractivity contribution is 6.32. The number of anilines is 1. The van der Waals surface area contributed by atoms with Gasteiger partial charge >= 0.3 is 0 Å². The van der Waals surface area contributed by atoms with Crippen LogP contribution in [0.5, 0.6) is 5.75 Å². The minimum atomic E-state index is -0.518. The molecule has 2 atom stereocenters. The Kier molecular flexibility index (Phi) is 7.83. The van der Waals surface area contributed by atoms with E-state index in [9.17, 15) is 4.79 Å². The fourth-order valence-corrected chi connectivity index (χ4v) is 1.74. The van der Waals surface area contributed by atoms with Gasteiger partial charge in [-0.25, -0.2) is 0 Å².